The largest absolute Gasteiger partial charge is 0.496 e. The highest BCUT2D eigenvalue weighted by Gasteiger charge is 2.37. The summed E-state index contributed by atoms with van der Waals surface area (Å²) in [6.45, 7) is 2.69. The van der Waals surface area contributed by atoms with Crippen LogP contribution in [0.4, 0.5) is 10.3 Å². The third-order valence-electron chi connectivity index (χ3n) is 6.11. The zero-order chi connectivity index (χ0) is 22.8. The molecular weight excluding hydrogens is 425 g/mol. The minimum absolute atomic E-state index is 0.114. The van der Waals surface area contributed by atoms with Gasteiger partial charge in [0.1, 0.15) is 17.3 Å². The molecule has 1 aliphatic heterocycles. The van der Waals surface area contributed by atoms with Crippen molar-refractivity contribution in [2.75, 3.05) is 38.3 Å². The van der Waals surface area contributed by atoms with Crippen molar-refractivity contribution in [2.24, 2.45) is 0 Å². The second-order valence-electron chi connectivity index (χ2n) is 8.26. The van der Waals surface area contributed by atoms with Gasteiger partial charge in [-0.1, -0.05) is 29.4 Å². The van der Waals surface area contributed by atoms with Crippen LogP contribution in [0.3, 0.4) is 0 Å². The maximum Gasteiger partial charge on any atom is 0.258 e. The summed E-state index contributed by atoms with van der Waals surface area (Å²) in [5.41, 5.74) is 1.99. The number of hydrogen-bond acceptors (Lipinski definition) is 6. The molecule has 7 nitrogen and oxygen atoms in total. The number of methoxy groups -OCH3 is 1. The lowest BCUT2D eigenvalue weighted by molar-refractivity contribution is 0.0726. The minimum Gasteiger partial charge on any atom is -0.496 e. The molecule has 2 aromatic carbocycles. The molecule has 1 amide bonds. The van der Waals surface area contributed by atoms with E-state index in [1.165, 1.54) is 6.07 Å². The zero-order valence-corrected chi connectivity index (χ0v) is 18.5. The fraction of sp³-hybridized carbons (Fsp3) is 0.360. The van der Waals surface area contributed by atoms with Gasteiger partial charge in [-0.25, -0.2) is 4.39 Å². The smallest absolute Gasteiger partial charge is 0.258 e. The van der Waals surface area contributed by atoms with Gasteiger partial charge in [0.2, 0.25) is 5.88 Å². The first-order chi connectivity index (χ1) is 16.2. The summed E-state index contributed by atoms with van der Waals surface area (Å²) in [6, 6.07) is 13.8. The van der Waals surface area contributed by atoms with Crippen molar-refractivity contribution >= 4 is 11.8 Å². The number of aromatic nitrogens is 1. The number of halogens is 1. The lowest BCUT2D eigenvalue weighted by atomic mass is 10.0. The van der Waals surface area contributed by atoms with Gasteiger partial charge < -0.3 is 23.8 Å². The summed E-state index contributed by atoms with van der Waals surface area (Å²) in [4.78, 5) is 17.5. The molecule has 3 aromatic rings. The highest BCUT2D eigenvalue weighted by molar-refractivity contribution is 5.97. The van der Waals surface area contributed by atoms with E-state index < -0.39 is 0 Å². The number of amides is 1. The Bertz CT molecular complexity index is 1140. The van der Waals surface area contributed by atoms with E-state index >= 15 is 0 Å². The molecule has 1 saturated carbocycles. The predicted molar refractivity (Wildman–Crippen MR) is 121 cm³/mol. The molecule has 33 heavy (non-hydrogen) atoms. The maximum absolute atomic E-state index is 14.7. The number of para-hydroxylation sites is 1. The monoisotopic (exact) mass is 451 g/mol. The van der Waals surface area contributed by atoms with E-state index in [2.05, 4.69) is 10.1 Å². The molecule has 2 aliphatic rings. The molecular formula is C25H26FN3O4. The lowest BCUT2D eigenvalue weighted by Crippen LogP contribution is -2.38. The van der Waals surface area contributed by atoms with Crippen LogP contribution in [0, 0.1) is 5.82 Å². The Morgan fingerprint density at radius 3 is 2.61 bits per heavy atom. The van der Waals surface area contributed by atoms with Gasteiger partial charge in [-0.2, -0.15) is 0 Å². The summed E-state index contributed by atoms with van der Waals surface area (Å²) in [5, 5.41) is 4.26. The predicted octanol–water partition coefficient (Wildman–Crippen LogP) is 4.13. The van der Waals surface area contributed by atoms with E-state index in [-0.39, 0.29) is 24.3 Å². The Morgan fingerprint density at radius 1 is 1.15 bits per heavy atom. The third-order valence-corrected chi connectivity index (χ3v) is 6.11. The Balaban J connectivity index is 1.55. The van der Waals surface area contributed by atoms with Gasteiger partial charge in [-0.05, 0) is 37.1 Å². The van der Waals surface area contributed by atoms with E-state index in [9.17, 15) is 9.18 Å². The molecule has 1 aliphatic carbocycles. The van der Waals surface area contributed by atoms with E-state index in [1.54, 1.807) is 37.4 Å². The second kappa shape index (κ2) is 9.23. The molecule has 2 fully saturated rings. The summed E-state index contributed by atoms with van der Waals surface area (Å²) < 4.78 is 31.4. The first-order valence-electron chi connectivity index (χ1n) is 11.2. The van der Waals surface area contributed by atoms with Crippen LogP contribution in [0.25, 0.3) is 11.3 Å². The van der Waals surface area contributed by atoms with Crippen molar-refractivity contribution in [3.63, 3.8) is 0 Å². The van der Waals surface area contributed by atoms with E-state index in [0.717, 1.165) is 12.8 Å². The highest BCUT2D eigenvalue weighted by atomic mass is 19.1. The van der Waals surface area contributed by atoms with E-state index in [4.69, 9.17) is 14.0 Å². The van der Waals surface area contributed by atoms with E-state index in [0.29, 0.717) is 60.3 Å². The SMILES string of the molecule is COc1ccccc1C(=O)N(Cc1c(-c2ccccc2F)noc1N1CCOCC1)C1CC1. The average Bonchev–Trinajstić information content (AvgIpc) is 3.62. The van der Waals surface area contributed by atoms with Crippen LogP contribution in [0.15, 0.2) is 53.1 Å². The van der Waals surface area contributed by atoms with Gasteiger partial charge in [-0.15, -0.1) is 0 Å². The van der Waals surface area contributed by atoms with Crippen molar-refractivity contribution in [1.29, 1.82) is 0 Å². The topological polar surface area (TPSA) is 68.0 Å². The molecule has 1 saturated heterocycles. The molecule has 1 aromatic heterocycles. The molecule has 0 bridgehead atoms. The Labute approximate surface area is 191 Å². The zero-order valence-electron chi connectivity index (χ0n) is 18.5. The van der Waals surface area contributed by atoms with Gasteiger partial charge >= 0.3 is 0 Å². The van der Waals surface area contributed by atoms with Crippen molar-refractivity contribution in [3.05, 3.63) is 65.5 Å². The number of benzene rings is 2. The number of anilines is 1. The summed E-state index contributed by atoms with van der Waals surface area (Å²) >= 11 is 0. The molecule has 0 radical (unpaired) electrons. The van der Waals surface area contributed by atoms with Crippen LogP contribution >= 0.6 is 0 Å². The Hall–Kier alpha value is -3.39. The number of hydrogen-bond donors (Lipinski definition) is 0. The number of morpholine rings is 1. The van der Waals surface area contributed by atoms with Crippen LogP contribution in [-0.4, -0.2) is 55.4 Å². The Morgan fingerprint density at radius 2 is 1.88 bits per heavy atom. The summed E-state index contributed by atoms with van der Waals surface area (Å²) in [7, 11) is 1.56. The van der Waals surface area contributed by atoms with Gasteiger partial charge in [0.25, 0.3) is 5.91 Å². The second-order valence-corrected chi connectivity index (χ2v) is 8.26. The molecule has 2 heterocycles. The van der Waals surface area contributed by atoms with Gasteiger partial charge in [-0.3, -0.25) is 4.79 Å². The summed E-state index contributed by atoms with van der Waals surface area (Å²) in [6.07, 6.45) is 1.85. The van der Waals surface area contributed by atoms with E-state index in [1.807, 2.05) is 17.0 Å². The minimum atomic E-state index is -0.380. The molecule has 0 atom stereocenters. The fourth-order valence-corrected chi connectivity index (χ4v) is 4.22. The number of carbonyl (C=O) groups excluding carboxylic acids is 1. The fourth-order valence-electron chi connectivity index (χ4n) is 4.22. The average molecular weight is 451 g/mol. The third kappa shape index (κ3) is 4.30. The van der Waals surface area contributed by atoms with Crippen molar-refractivity contribution < 1.29 is 23.2 Å². The first-order valence-corrected chi connectivity index (χ1v) is 11.2. The standard InChI is InChI=1S/C25H26FN3O4/c1-31-22-9-5-3-7-19(22)24(30)29(17-10-11-17)16-20-23(18-6-2-4-8-21(18)26)27-33-25(20)28-12-14-32-15-13-28/h2-9,17H,10-16H2,1H3. The van der Waals surface area contributed by atoms with Gasteiger partial charge in [0.05, 0.1) is 38.0 Å². The quantitative estimate of drug-likeness (QED) is 0.538. The van der Waals surface area contributed by atoms with Crippen LogP contribution in [0.5, 0.6) is 5.75 Å². The molecule has 172 valence electrons. The number of rotatable bonds is 7. The van der Waals surface area contributed by atoms with Gasteiger partial charge in [0, 0.05) is 24.7 Å². The van der Waals surface area contributed by atoms with Crippen molar-refractivity contribution in [2.45, 2.75) is 25.4 Å². The molecule has 0 spiro atoms. The number of ether oxygens (including phenoxy) is 2. The van der Waals surface area contributed by atoms with Crippen LogP contribution in [0.1, 0.15) is 28.8 Å². The molecule has 5 rings (SSSR count). The molecule has 0 N–H and O–H groups in total. The summed E-state index contributed by atoms with van der Waals surface area (Å²) in [5.74, 6) is 0.592. The van der Waals surface area contributed by atoms with Crippen molar-refractivity contribution in [3.8, 4) is 17.0 Å². The van der Waals surface area contributed by atoms with Crippen LogP contribution in [0.2, 0.25) is 0 Å². The lowest BCUT2D eigenvalue weighted by Gasteiger charge is -2.28. The normalized spacial score (nSPS) is 16.0. The molecule has 8 heteroatoms. The number of nitrogens with zero attached hydrogens (tertiary/aromatic N) is 3. The number of carbonyl (C=O) groups is 1. The van der Waals surface area contributed by atoms with Crippen LogP contribution < -0.4 is 9.64 Å². The van der Waals surface area contributed by atoms with Crippen LogP contribution in [-0.2, 0) is 11.3 Å². The van der Waals surface area contributed by atoms with Crippen molar-refractivity contribution in [1.82, 2.24) is 10.1 Å². The molecule has 0 unspecified atom stereocenters. The highest BCUT2D eigenvalue weighted by Crippen LogP contribution is 2.38. The van der Waals surface area contributed by atoms with Gasteiger partial charge in [0.15, 0.2) is 0 Å². The first kappa shape index (κ1) is 21.5. The Kier molecular flexibility index (Phi) is 6.00. The maximum atomic E-state index is 14.7.